The first-order valence-corrected chi connectivity index (χ1v) is 7.10. The lowest BCUT2D eigenvalue weighted by molar-refractivity contribution is 0.583. The van der Waals surface area contributed by atoms with Crippen LogP contribution in [0.15, 0.2) is 16.7 Å². The van der Waals surface area contributed by atoms with Gasteiger partial charge in [0.1, 0.15) is 5.82 Å². The Morgan fingerprint density at radius 2 is 2.41 bits per heavy atom. The highest BCUT2D eigenvalue weighted by molar-refractivity contribution is 9.10. The zero-order chi connectivity index (χ0) is 12.3. The van der Waals surface area contributed by atoms with E-state index in [9.17, 15) is 0 Å². The number of hydrogen-bond acceptors (Lipinski definition) is 3. The van der Waals surface area contributed by atoms with Crippen molar-refractivity contribution < 1.29 is 0 Å². The Balaban J connectivity index is 2.10. The number of aromatic nitrogens is 1. The summed E-state index contributed by atoms with van der Waals surface area (Å²) in [6, 6.07) is 2.76. The molecule has 1 aliphatic rings. The van der Waals surface area contributed by atoms with Gasteiger partial charge in [-0.25, -0.2) is 4.98 Å². The molecule has 2 heterocycles. The highest BCUT2D eigenvalue weighted by Crippen LogP contribution is 2.21. The maximum atomic E-state index is 4.54. The molecule has 0 spiro atoms. The van der Waals surface area contributed by atoms with Crippen molar-refractivity contribution in [2.75, 3.05) is 24.5 Å². The molecule has 0 aliphatic carbocycles. The number of nitrogens with zero attached hydrogens (tertiary/aromatic N) is 2. The highest BCUT2D eigenvalue weighted by atomic mass is 79.9. The quantitative estimate of drug-likeness (QED) is 0.926. The van der Waals surface area contributed by atoms with Gasteiger partial charge in [-0.1, -0.05) is 0 Å². The van der Waals surface area contributed by atoms with E-state index in [1.807, 2.05) is 6.20 Å². The minimum Gasteiger partial charge on any atom is -0.355 e. The molecule has 0 radical (unpaired) electrons. The van der Waals surface area contributed by atoms with Gasteiger partial charge in [-0.2, -0.15) is 0 Å². The minimum atomic E-state index is 0.625. The molecule has 1 fully saturated rings. The second kappa shape index (κ2) is 5.83. The first kappa shape index (κ1) is 12.8. The average molecular weight is 298 g/mol. The van der Waals surface area contributed by atoms with Crippen LogP contribution < -0.4 is 10.2 Å². The first-order valence-electron chi connectivity index (χ1n) is 6.31. The van der Waals surface area contributed by atoms with E-state index < -0.39 is 0 Å². The van der Waals surface area contributed by atoms with Gasteiger partial charge in [-0.05, 0) is 60.8 Å². The summed E-state index contributed by atoms with van der Waals surface area (Å²) in [5.41, 5.74) is 1.24. The summed E-state index contributed by atoms with van der Waals surface area (Å²) in [7, 11) is 0. The van der Waals surface area contributed by atoms with Crippen LogP contribution in [0.2, 0.25) is 0 Å². The molecule has 1 unspecified atom stereocenters. The van der Waals surface area contributed by atoms with Crippen LogP contribution in [0, 0.1) is 6.92 Å². The molecular formula is C13H20BrN3. The topological polar surface area (TPSA) is 28.2 Å². The monoisotopic (exact) mass is 297 g/mol. The van der Waals surface area contributed by atoms with Gasteiger partial charge >= 0.3 is 0 Å². The molecule has 17 heavy (non-hydrogen) atoms. The minimum absolute atomic E-state index is 0.625. The van der Waals surface area contributed by atoms with E-state index >= 15 is 0 Å². The Morgan fingerprint density at radius 3 is 3.00 bits per heavy atom. The number of nitrogens with one attached hydrogen (secondary N) is 1. The van der Waals surface area contributed by atoms with Gasteiger partial charge in [-0.3, -0.25) is 0 Å². The lowest BCUT2D eigenvalue weighted by atomic mass is 10.2. The molecule has 2 rings (SSSR count). The van der Waals surface area contributed by atoms with E-state index in [4.69, 9.17) is 0 Å². The van der Waals surface area contributed by atoms with Crippen molar-refractivity contribution >= 4 is 21.7 Å². The Kier molecular flexibility index (Phi) is 4.40. The Morgan fingerprint density at radius 1 is 1.59 bits per heavy atom. The van der Waals surface area contributed by atoms with Crippen LogP contribution >= 0.6 is 15.9 Å². The molecule has 1 aliphatic heterocycles. The van der Waals surface area contributed by atoms with Crippen LogP contribution in [-0.4, -0.2) is 30.7 Å². The third-order valence-corrected chi connectivity index (χ3v) is 3.74. The van der Waals surface area contributed by atoms with Crippen molar-refractivity contribution in [2.24, 2.45) is 0 Å². The number of anilines is 1. The van der Waals surface area contributed by atoms with Crippen molar-refractivity contribution in [1.29, 1.82) is 0 Å². The lowest BCUT2D eigenvalue weighted by Gasteiger charge is -2.26. The van der Waals surface area contributed by atoms with E-state index in [0.717, 1.165) is 29.9 Å². The van der Waals surface area contributed by atoms with Crippen molar-refractivity contribution in [3.63, 3.8) is 0 Å². The summed E-state index contributed by atoms with van der Waals surface area (Å²) in [5.74, 6) is 1.12. The Hall–Kier alpha value is -0.610. The van der Waals surface area contributed by atoms with Crippen LogP contribution in [0.4, 0.5) is 5.82 Å². The smallest absolute Gasteiger partial charge is 0.131 e. The van der Waals surface area contributed by atoms with Gasteiger partial charge in [0.05, 0.1) is 0 Å². The molecule has 1 N–H and O–H groups in total. The maximum Gasteiger partial charge on any atom is 0.131 e. The Labute approximate surface area is 112 Å². The van der Waals surface area contributed by atoms with E-state index in [2.05, 4.69) is 51.0 Å². The fourth-order valence-electron chi connectivity index (χ4n) is 2.41. The van der Waals surface area contributed by atoms with Crippen LogP contribution in [-0.2, 0) is 0 Å². The predicted octanol–water partition coefficient (Wildman–Crippen LogP) is 2.73. The van der Waals surface area contributed by atoms with E-state index in [-0.39, 0.29) is 0 Å². The van der Waals surface area contributed by atoms with Crippen molar-refractivity contribution in [3.05, 3.63) is 22.3 Å². The summed E-state index contributed by atoms with van der Waals surface area (Å²) in [6.07, 6.45) is 4.47. The molecule has 94 valence electrons. The van der Waals surface area contributed by atoms with Gasteiger partial charge in [0.15, 0.2) is 0 Å². The van der Waals surface area contributed by atoms with Gasteiger partial charge in [0.2, 0.25) is 0 Å². The molecule has 1 aromatic rings. The zero-order valence-electron chi connectivity index (χ0n) is 10.5. The van der Waals surface area contributed by atoms with E-state index in [1.165, 1.54) is 18.4 Å². The third-order valence-electron chi connectivity index (χ3n) is 3.30. The average Bonchev–Trinajstić information content (AvgIpc) is 2.79. The molecule has 1 atom stereocenters. The van der Waals surface area contributed by atoms with Gasteiger partial charge in [0.25, 0.3) is 0 Å². The summed E-state index contributed by atoms with van der Waals surface area (Å²) >= 11 is 3.46. The molecular weight excluding hydrogens is 278 g/mol. The molecule has 4 heteroatoms. The van der Waals surface area contributed by atoms with E-state index in [1.54, 1.807) is 0 Å². The number of pyridine rings is 1. The number of likely N-dealkylation sites (N-methyl/N-ethyl adjacent to an activating group) is 1. The number of rotatable bonds is 4. The second-order valence-electron chi connectivity index (χ2n) is 4.63. The predicted molar refractivity (Wildman–Crippen MR) is 75.6 cm³/mol. The summed E-state index contributed by atoms with van der Waals surface area (Å²) in [5, 5.41) is 3.54. The van der Waals surface area contributed by atoms with Crippen molar-refractivity contribution in [2.45, 2.75) is 32.7 Å². The normalized spacial score (nSPS) is 19.6. The fourth-order valence-corrected chi connectivity index (χ4v) is 2.85. The standard InChI is InChI=1S/C13H20BrN3/c1-3-17(9-12-5-4-6-15-12)13-10(2)7-11(14)8-16-13/h7-8,12,15H,3-6,9H2,1-2H3. The van der Waals surface area contributed by atoms with Gasteiger partial charge < -0.3 is 10.2 Å². The van der Waals surface area contributed by atoms with Crippen molar-refractivity contribution in [1.82, 2.24) is 10.3 Å². The molecule has 0 bridgehead atoms. The van der Waals surface area contributed by atoms with Crippen LogP contribution in [0.25, 0.3) is 0 Å². The SMILES string of the molecule is CCN(CC1CCCN1)c1ncc(Br)cc1C. The Bertz CT molecular complexity index is 375. The van der Waals surface area contributed by atoms with Crippen LogP contribution in [0.5, 0.6) is 0 Å². The first-order chi connectivity index (χ1) is 8.20. The fraction of sp³-hybridized carbons (Fsp3) is 0.615. The molecule has 0 saturated carbocycles. The summed E-state index contributed by atoms with van der Waals surface area (Å²) < 4.78 is 1.05. The molecule has 0 aromatic carbocycles. The largest absolute Gasteiger partial charge is 0.355 e. The lowest BCUT2D eigenvalue weighted by Crippen LogP contribution is -2.38. The van der Waals surface area contributed by atoms with Gasteiger partial charge in [-0.15, -0.1) is 0 Å². The number of aryl methyl sites for hydroxylation is 1. The molecule has 1 saturated heterocycles. The second-order valence-corrected chi connectivity index (χ2v) is 5.54. The van der Waals surface area contributed by atoms with Crippen LogP contribution in [0.3, 0.4) is 0 Å². The number of halogens is 1. The third kappa shape index (κ3) is 3.19. The zero-order valence-corrected chi connectivity index (χ0v) is 12.1. The van der Waals surface area contributed by atoms with Crippen molar-refractivity contribution in [3.8, 4) is 0 Å². The number of hydrogen-bond donors (Lipinski definition) is 1. The van der Waals surface area contributed by atoms with Gasteiger partial charge in [0, 0.05) is 29.8 Å². The van der Waals surface area contributed by atoms with E-state index in [0.29, 0.717) is 6.04 Å². The van der Waals surface area contributed by atoms with Crippen LogP contribution in [0.1, 0.15) is 25.3 Å². The maximum absolute atomic E-state index is 4.54. The molecule has 1 aromatic heterocycles. The summed E-state index contributed by atoms with van der Waals surface area (Å²) in [6.45, 7) is 7.55. The molecule has 0 amide bonds. The summed E-state index contributed by atoms with van der Waals surface area (Å²) in [4.78, 5) is 6.91. The highest BCUT2D eigenvalue weighted by Gasteiger charge is 2.18. The molecule has 3 nitrogen and oxygen atoms in total.